The van der Waals surface area contributed by atoms with E-state index in [1.807, 2.05) is 37.7 Å². The second kappa shape index (κ2) is 5.06. The maximum atomic E-state index is 12.0. The third kappa shape index (κ3) is 2.53. The van der Waals surface area contributed by atoms with Crippen molar-refractivity contribution >= 4 is 17.1 Å². The molecule has 96 valence electrons. The largest absolute Gasteiger partial charge is 0.293 e. The highest BCUT2D eigenvalue weighted by molar-refractivity contribution is 7.14. The molecule has 2 heterocycles. The predicted molar refractivity (Wildman–Crippen MR) is 74.4 cm³/mol. The number of hydrogen-bond acceptors (Lipinski definition) is 3. The van der Waals surface area contributed by atoms with E-state index in [0.717, 1.165) is 22.7 Å². The van der Waals surface area contributed by atoms with E-state index >= 15 is 0 Å². The number of carbonyl (C=O) groups excluding carboxylic acids is 1. The number of nitrogens with zero attached hydrogens (tertiary/aromatic N) is 2. The van der Waals surface area contributed by atoms with Gasteiger partial charge in [-0.25, -0.2) is 0 Å². The first-order valence-electron chi connectivity index (χ1n) is 6.07. The number of thiophene rings is 1. The summed E-state index contributed by atoms with van der Waals surface area (Å²) in [6.07, 6.45) is 1.34. The Hall–Kier alpha value is -1.42. The minimum atomic E-state index is 0.232. The highest BCUT2D eigenvalue weighted by Crippen LogP contribution is 2.19. The Kier molecular flexibility index (Phi) is 3.66. The molecule has 0 bridgehead atoms. The Morgan fingerprint density at radius 3 is 2.56 bits per heavy atom. The van der Waals surface area contributed by atoms with Crippen molar-refractivity contribution in [2.75, 3.05) is 0 Å². The Morgan fingerprint density at radius 1 is 1.33 bits per heavy atom. The van der Waals surface area contributed by atoms with Crippen molar-refractivity contribution in [1.82, 2.24) is 9.78 Å². The molecule has 3 nitrogen and oxygen atoms in total. The maximum absolute atomic E-state index is 12.0. The van der Waals surface area contributed by atoms with Crippen molar-refractivity contribution in [1.29, 1.82) is 0 Å². The van der Waals surface area contributed by atoms with Crippen LogP contribution in [0, 0.1) is 20.8 Å². The van der Waals surface area contributed by atoms with Crippen LogP contribution in [0.15, 0.2) is 12.1 Å². The summed E-state index contributed by atoms with van der Waals surface area (Å²) >= 11 is 1.57. The first-order chi connectivity index (χ1) is 8.49. The summed E-state index contributed by atoms with van der Waals surface area (Å²) in [6, 6.07) is 3.92. The van der Waals surface area contributed by atoms with Gasteiger partial charge in [-0.3, -0.25) is 9.48 Å². The molecule has 0 radical (unpaired) electrons. The van der Waals surface area contributed by atoms with Gasteiger partial charge in [0.1, 0.15) is 0 Å². The van der Waals surface area contributed by atoms with Crippen molar-refractivity contribution in [3.05, 3.63) is 38.8 Å². The van der Waals surface area contributed by atoms with Crippen molar-refractivity contribution < 1.29 is 4.79 Å². The van der Waals surface area contributed by atoms with E-state index in [2.05, 4.69) is 12.0 Å². The van der Waals surface area contributed by atoms with E-state index in [-0.39, 0.29) is 5.78 Å². The number of Topliss-reactive ketones (excluding diaryl/α,β-unsaturated/α-hetero) is 1. The smallest absolute Gasteiger partial charge is 0.173 e. The second-order valence-corrected chi connectivity index (χ2v) is 5.89. The lowest BCUT2D eigenvalue weighted by atomic mass is 10.1. The summed E-state index contributed by atoms with van der Waals surface area (Å²) in [7, 11) is 1.94. The topological polar surface area (TPSA) is 34.9 Å². The SMILES string of the molecule is Cc1ccc(C(=O)CCc2c(C)nn(C)c2C)s1. The average molecular weight is 262 g/mol. The number of carbonyl (C=O) groups is 1. The molecule has 0 aliphatic carbocycles. The zero-order valence-electron chi connectivity index (χ0n) is 11.3. The van der Waals surface area contributed by atoms with Gasteiger partial charge in [0.15, 0.2) is 5.78 Å². The molecule has 0 fully saturated rings. The van der Waals surface area contributed by atoms with Crippen molar-refractivity contribution in [2.45, 2.75) is 33.6 Å². The van der Waals surface area contributed by atoms with Crippen LogP contribution >= 0.6 is 11.3 Å². The molecule has 0 amide bonds. The van der Waals surface area contributed by atoms with Crippen LogP contribution in [-0.4, -0.2) is 15.6 Å². The molecule has 2 aromatic rings. The van der Waals surface area contributed by atoms with E-state index in [4.69, 9.17) is 0 Å². The van der Waals surface area contributed by atoms with Crippen molar-refractivity contribution in [3.8, 4) is 0 Å². The minimum absolute atomic E-state index is 0.232. The van der Waals surface area contributed by atoms with Gasteiger partial charge >= 0.3 is 0 Å². The Bertz CT molecular complexity index is 581. The molecular weight excluding hydrogens is 244 g/mol. The lowest BCUT2D eigenvalue weighted by Gasteiger charge is -2.01. The van der Waals surface area contributed by atoms with Gasteiger partial charge in [-0.2, -0.15) is 5.10 Å². The molecule has 0 aliphatic heterocycles. The molecule has 0 N–H and O–H groups in total. The molecule has 2 rings (SSSR count). The van der Waals surface area contributed by atoms with Crippen molar-refractivity contribution in [3.63, 3.8) is 0 Å². The van der Waals surface area contributed by atoms with Gasteiger partial charge < -0.3 is 0 Å². The minimum Gasteiger partial charge on any atom is -0.293 e. The average Bonchev–Trinajstić information content (AvgIpc) is 2.83. The van der Waals surface area contributed by atoms with Crippen LogP contribution in [-0.2, 0) is 13.5 Å². The number of aryl methyl sites for hydroxylation is 3. The highest BCUT2D eigenvalue weighted by atomic mass is 32.1. The van der Waals surface area contributed by atoms with Crippen molar-refractivity contribution in [2.24, 2.45) is 7.05 Å². The van der Waals surface area contributed by atoms with Crippen LogP contribution in [0.4, 0.5) is 0 Å². The Labute approximate surface area is 111 Å². The van der Waals surface area contributed by atoms with Gasteiger partial charge in [-0.05, 0) is 44.9 Å². The van der Waals surface area contributed by atoms with Crippen LogP contribution in [0.3, 0.4) is 0 Å². The van der Waals surface area contributed by atoms with Crippen LogP contribution < -0.4 is 0 Å². The van der Waals surface area contributed by atoms with E-state index < -0.39 is 0 Å². The summed E-state index contributed by atoms with van der Waals surface area (Å²) in [5.41, 5.74) is 3.40. The fourth-order valence-corrected chi connectivity index (χ4v) is 2.96. The van der Waals surface area contributed by atoms with Crippen LogP contribution in [0.25, 0.3) is 0 Å². The molecule has 18 heavy (non-hydrogen) atoms. The van der Waals surface area contributed by atoms with Gasteiger partial charge in [0.2, 0.25) is 0 Å². The summed E-state index contributed by atoms with van der Waals surface area (Å²) in [4.78, 5) is 14.1. The fourth-order valence-electron chi connectivity index (χ4n) is 2.13. The van der Waals surface area contributed by atoms with Gasteiger partial charge in [0.25, 0.3) is 0 Å². The Morgan fingerprint density at radius 2 is 2.06 bits per heavy atom. The molecule has 0 aromatic carbocycles. The molecule has 0 atom stereocenters. The molecule has 2 aromatic heterocycles. The number of rotatable bonds is 4. The summed E-state index contributed by atoms with van der Waals surface area (Å²) < 4.78 is 1.88. The standard InChI is InChI=1S/C14H18N2OS/c1-9-5-8-14(18-9)13(17)7-6-12-10(2)15-16(4)11(12)3/h5,8H,6-7H2,1-4H3. The van der Waals surface area contributed by atoms with Crippen LogP contribution in [0.2, 0.25) is 0 Å². The molecule has 0 unspecified atom stereocenters. The van der Waals surface area contributed by atoms with Gasteiger partial charge in [0, 0.05) is 24.0 Å². The van der Waals surface area contributed by atoms with Crippen LogP contribution in [0.5, 0.6) is 0 Å². The van der Waals surface area contributed by atoms with E-state index in [9.17, 15) is 4.79 Å². The summed E-state index contributed by atoms with van der Waals surface area (Å²) in [5.74, 6) is 0.232. The number of ketones is 1. The number of aromatic nitrogens is 2. The lowest BCUT2D eigenvalue weighted by molar-refractivity contribution is 0.0986. The Balaban J connectivity index is 2.06. The molecule has 0 aliphatic rings. The quantitative estimate of drug-likeness (QED) is 0.793. The third-order valence-electron chi connectivity index (χ3n) is 3.28. The fraction of sp³-hybridized carbons (Fsp3) is 0.429. The summed E-state index contributed by atoms with van der Waals surface area (Å²) in [6.45, 7) is 6.08. The molecule has 0 saturated heterocycles. The highest BCUT2D eigenvalue weighted by Gasteiger charge is 2.13. The van der Waals surface area contributed by atoms with Gasteiger partial charge in [0.05, 0.1) is 10.6 Å². The van der Waals surface area contributed by atoms with E-state index in [0.29, 0.717) is 6.42 Å². The molecular formula is C14H18N2OS. The molecule has 4 heteroatoms. The first kappa shape index (κ1) is 13.0. The van der Waals surface area contributed by atoms with Gasteiger partial charge in [-0.15, -0.1) is 11.3 Å². The zero-order valence-corrected chi connectivity index (χ0v) is 12.1. The lowest BCUT2D eigenvalue weighted by Crippen LogP contribution is -2.00. The molecule has 0 spiro atoms. The normalized spacial score (nSPS) is 10.9. The monoisotopic (exact) mass is 262 g/mol. The first-order valence-corrected chi connectivity index (χ1v) is 6.89. The third-order valence-corrected chi connectivity index (χ3v) is 4.32. The number of hydrogen-bond donors (Lipinski definition) is 0. The summed E-state index contributed by atoms with van der Waals surface area (Å²) in [5, 5.41) is 4.37. The van der Waals surface area contributed by atoms with Crippen LogP contribution in [0.1, 0.15) is 37.9 Å². The van der Waals surface area contributed by atoms with Gasteiger partial charge in [-0.1, -0.05) is 0 Å². The predicted octanol–water partition coefficient (Wildman–Crippen LogP) is 3.22. The zero-order chi connectivity index (χ0) is 13.3. The second-order valence-electron chi connectivity index (χ2n) is 4.61. The molecule has 0 saturated carbocycles. The van der Waals surface area contributed by atoms with E-state index in [1.165, 1.54) is 10.4 Å². The maximum Gasteiger partial charge on any atom is 0.173 e. The van der Waals surface area contributed by atoms with E-state index in [1.54, 1.807) is 11.3 Å².